The largest absolute Gasteiger partial charge is 0.380 e. The van der Waals surface area contributed by atoms with Gasteiger partial charge in [-0.3, -0.25) is 24.1 Å². The molecule has 1 unspecified atom stereocenters. The minimum atomic E-state index is -0.568. The molecule has 1 saturated heterocycles. The lowest BCUT2D eigenvalue weighted by Crippen LogP contribution is -2.42. The third-order valence-corrected chi connectivity index (χ3v) is 4.99. The maximum Gasteiger partial charge on any atom is 0.243 e. The lowest BCUT2D eigenvalue weighted by atomic mass is 10.1. The van der Waals surface area contributed by atoms with Crippen LogP contribution in [0.15, 0.2) is 0 Å². The molecule has 1 aliphatic heterocycles. The highest BCUT2D eigenvalue weighted by molar-refractivity contribution is 8.01. The summed E-state index contributed by atoms with van der Waals surface area (Å²) < 4.78 is 5.18. The Kier molecular flexibility index (Phi) is 8.41. The van der Waals surface area contributed by atoms with E-state index in [9.17, 15) is 19.2 Å². The number of hydrogen-bond acceptors (Lipinski definition) is 6. The van der Waals surface area contributed by atoms with Crippen LogP contribution in [-0.2, 0) is 23.9 Å². The van der Waals surface area contributed by atoms with Gasteiger partial charge in [-0.1, -0.05) is 13.8 Å². The summed E-state index contributed by atoms with van der Waals surface area (Å²) in [7, 11) is 1.61. The van der Waals surface area contributed by atoms with Gasteiger partial charge in [0, 0.05) is 32.5 Å². The molecule has 1 fully saturated rings. The predicted molar refractivity (Wildman–Crippen MR) is 91.6 cm³/mol. The smallest absolute Gasteiger partial charge is 0.243 e. The molecule has 0 aromatic rings. The molecule has 0 bridgehead atoms. The zero-order valence-electron chi connectivity index (χ0n) is 14.7. The van der Waals surface area contributed by atoms with E-state index in [0.717, 1.165) is 4.90 Å². The van der Waals surface area contributed by atoms with Crippen LogP contribution in [0.2, 0.25) is 0 Å². The van der Waals surface area contributed by atoms with Gasteiger partial charge in [0.15, 0.2) is 0 Å². The molecule has 1 heterocycles. The third kappa shape index (κ3) is 5.90. The summed E-state index contributed by atoms with van der Waals surface area (Å²) in [5.41, 5.74) is 0. The lowest BCUT2D eigenvalue weighted by Gasteiger charge is -2.20. The molecule has 1 rings (SSSR count). The fraction of sp³-hybridized carbons (Fsp3) is 0.750. The quantitative estimate of drug-likeness (QED) is 0.419. The van der Waals surface area contributed by atoms with Crippen LogP contribution in [0.1, 0.15) is 27.2 Å². The van der Waals surface area contributed by atoms with E-state index in [1.807, 2.05) is 6.92 Å². The molecule has 0 saturated carbocycles. The maximum atomic E-state index is 12.3. The van der Waals surface area contributed by atoms with Crippen molar-refractivity contribution in [3.05, 3.63) is 0 Å². The second kappa shape index (κ2) is 9.78. The SMILES string of the molecule is CCOCCN(C)C(=O)CN1C(=O)CC(SCC(=O)C(C)C)C1=O. The predicted octanol–water partition coefficient (Wildman–Crippen LogP) is 0.567. The van der Waals surface area contributed by atoms with Crippen molar-refractivity contribution in [3.63, 3.8) is 0 Å². The number of thioether (sulfide) groups is 1. The van der Waals surface area contributed by atoms with Crippen molar-refractivity contribution in [1.82, 2.24) is 9.80 Å². The Labute approximate surface area is 147 Å². The number of hydrogen-bond donors (Lipinski definition) is 0. The average Bonchev–Trinajstić information content (AvgIpc) is 2.79. The van der Waals surface area contributed by atoms with Crippen LogP contribution >= 0.6 is 11.8 Å². The molecule has 0 N–H and O–H groups in total. The first-order valence-electron chi connectivity index (χ1n) is 8.08. The zero-order valence-corrected chi connectivity index (χ0v) is 15.6. The molecule has 0 aromatic carbocycles. The van der Waals surface area contributed by atoms with E-state index in [1.165, 1.54) is 16.7 Å². The standard InChI is InChI=1S/C16H26N2O5S/c1-5-23-7-6-17(4)15(21)9-18-14(20)8-13(16(18)22)24-10-12(19)11(2)3/h11,13H,5-10H2,1-4H3. The summed E-state index contributed by atoms with van der Waals surface area (Å²) in [4.78, 5) is 50.5. The number of carbonyl (C=O) groups excluding carboxylic acids is 4. The van der Waals surface area contributed by atoms with Gasteiger partial charge in [-0.05, 0) is 6.92 Å². The molecule has 1 atom stereocenters. The Morgan fingerprint density at radius 3 is 2.62 bits per heavy atom. The van der Waals surface area contributed by atoms with Gasteiger partial charge in [0.25, 0.3) is 0 Å². The van der Waals surface area contributed by atoms with E-state index in [1.54, 1.807) is 20.9 Å². The number of carbonyl (C=O) groups is 4. The van der Waals surface area contributed by atoms with Gasteiger partial charge in [-0.25, -0.2) is 0 Å². The minimum Gasteiger partial charge on any atom is -0.380 e. The van der Waals surface area contributed by atoms with E-state index in [2.05, 4.69) is 0 Å². The Morgan fingerprint density at radius 1 is 1.38 bits per heavy atom. The van der Waals surface area contributed by atoms with E-state index in [4.69, 9.17) is 4.74 Å². The second-order valence-corrected chi connectivity index (χ2v) is 7.15. The van der Waals surface area contributed by atoms with Crippen LogP contribution in [0.3, 0.4) is 0 Å². The van der Waals surface area contributed by atoms with Crippen LogP contribution in [-0.4, -0.2) is 77.7 Å². The average molecular weight is 358 g/mol. The summed E-state index contributed by atoms with van der Waals surface area (Å²) in [6, 6.07) is 0. The molecule has 1 aliphatic rings. The van der Waals surface area contributed by atoms with Crippen LogP contribution < -0.4 is 0 Å². The number of likely N-dealkylation sites (tertiary alicyclic amines) is 1. The normalized spacial score (nSPS) is 17.7. The van der Waals surface area contributed by atoms with Crippen LogP contribution in [0.5, 0.6) is 0 Å². The molecule has 136 valence electrons. The van der Waals surface area contributed by atoms with E-state index in [0.29, 0.717) is 19.8 Å². The summed E-state index contributed by atoms with van der Waals surface area (Å²) in [5, 5.41) is -0.568. The number of likely N-dealkylation sites (N-methyl/N-ethyl adjacent to an activating group) is 1. The van der Waals surface area contributed by atoms with Gasteiger partial charge in [-0.15, -0.1) is 11.8 Å². The van der Waals surface area contributed by atoms with E-state index < -0.39 is 5.25 Å². The van der Waals surface area contributed by atoms with Crippen LogP contribution in [0.25, 0.3) is 0 Å². The number of nitrogens with zero attached hydrogens (tertiary/aromatic N) is 2. The number of amides is 3. The summed E-state index contributed by atoms with van der Waals surface area (Å²) >= 11 is 1.18. The Bertz CT molecular complexity index is 495. The van der Waals surface area contributed by atoms with Gasteiger partial charge >= 0.3 is 0 Å². The number of ether oxygens (including phenoxy) is 1. The van der Waals surface area contributed by atoms with Crippen molar-refractivity contribution < 1.29 is 23.9 Å². The third-order valence-electron chi connectivity index (χ3n) is 3.77. The van der Waals surface area contributed by atoms with Crippen molar-refractivity contribution >= 4 is 35.3 Å². The van der Waals surface area contributed by atoms with Gasteiger partial charge in [0.05, 0.1) is 17.6 Å². The minimum absolute atomic E-state index is 0.0464. The number of rotatable bonds is 10. The number of imide groups is 1. The van der Waals surface area contributed by atoms with Crippen molar-refractivity contribution in [2.75, 3.05) is 39.1 Å². The van der Waals surface area contributed by atoms with Gasteiger partial charge in [0.1, 0.15) is 12.3 Å². The molecule has 0 aliphatic carbocycles. The van der Waals surface area contributed by atoms with Crippen molar-refractivity contribution in [2.24, 2.45) is 5.92 Å². The maximum absolute atomic E-state index is 12.3. The zero-order chi connectivity index (χ0) is 18.3. The summed E-state index contributed by atoms with van der Waals surface area (Å²) in [6.07, 6.45) is 0.0464. The Morgan fingerprint density at radius 2 is 2.04 bits per heavy atom. The molecule has 3 amide bonds. The van der Waals surface area contributed by atoms with Gasteiger partial charge < -0.3 is 9.64 Å². The van der Waals surface area contributed by atoms with Crippen molar-refractivity contribution in [2.45, 2.75) is 32.4 Å². The van der Waals surface area contributed by atoms with Gasteiger partial charge in [-0.2, -0.15) is 0 Å². The fourth-order valence-corrected chi connectivity index (χ4v) is 3.25. The highest BCUT2D eigenvalue weighted by atomic mass is 32.2. The highest BCUT2D eigenvalue weighted by Gasteiger charge is 2.40. The number of ketones is 1. The molecule has 0 radical (unpaired) electrons. The van der Waals surface area contributed by atoms with Crippen molar-refractivity contribution in [3.8, 4) is 0 Å². The molecular weight excluding hydrogens is 332 g/mol. The monoisotopic (exact) mass is 358 g/mol. The first-order chi connectivity index (χ1) is 11.3. The molecule has 7 nitrogen and oxygen atoms in total. The van der Waals surface area contributed by atoms with Crippen LogP contribution in [0.4, 0.5) is 0 Å². The topological polar surface area (TPSA) is 84.0 Å². The Hall–Kier alpha value is -1.41. The Balaban J connectivity index is 2.51. The number of Topliss-reactive ketones (excluding diaryl/α,β-unsaturated/α-hetero) is 1. The first-order valence-corrected chi connectivity index (χ1v) is 9.13. The van der Waals surface area contributed by atoms with Crippen molar-refractivity contribution in [1.29, 1.82) is 0 Å². The molecule has 8 heteroatoms. The molecule has 24 heavy (non-hydrogen) atoms. The first kappa shape index (κ1) is 20.6. The van der Waals surface area contributed by atoms with Crippen LogP contribution in [0, 0.1) is 5.92 Å². The van der Waals surface area contributed by atoms with E-state index >= 15 is 0 Å². The summed E-state index contributed by atoms with van der Waals surface area (Å²) in [5.74, 6) is -0.890. The molecule has 0 spiro atoms. The lowest BCUT2D eigenvalue weighted by molar-refractivity contribution is -0.145. The van der Waals surface area contributed by atoms with E-state index in [-0.39, 0.29) is 48.1 Å². The second-order valence-electron chi connectivity index (χ2n) is 5.96. The van der Waals surface area contributed by atoms with Gasteiger partial charge in [0.2, 0.25) is 17.7 Å². The highest BCUT2D eigenvalue weighted by Crippen LogP contribution is 2.25. The fourth-order valence-electron chi connectivity index (χ4n) is 2.03. The molecule has 0 aromatic heterocycles. The molecular formula is C16H26N2O5S. The summed E-state index contributed by atoms with van der Waals surface area (Å²) in [6.45, 7) is 6.60.